The fraction of sp³-hybridized carbons (Fsp3) is 0.208. The highest BCUT2D eigenvalue weighted by atomic mass is 16.5. The number of nitrogens with one attached hydrogen (secondary N) is 2. The molecule has 3 aromatic carbocycles. The molecule has 0 saturated heterocycles. The summed E-state index contributed by atoms with van der Waals surface area (Å²) in [4.78, 5) is 36.8. The molecule has 0 aliphatic rings. The van der Waals surface area contributed by atoms with E-state index in [1.54, 1.807) is 30.3 Å². The Hall–Kier alpha value is -3.87. The summed E-state index contributed by atoms with van der Waals surface area (Å²) < 4.78 is 10.4. The smallest absolute Gasteiger partial charge is 0.337 e. The van der Waals surface area contributed by atoms with Gasteiger partial charge in [0.2, 0.25) is 0 Å². The van der Waals surface area contributed by atoms with Crippen molar-refractivity contribution in [1.29, 1.82) is 0 Å². The van der Waals surface area contributed by atoms with E-state index in [1.165, 1.54) is 13.2 Å². The number of carbonyl (C=O) groups is 3. The maximum atomic E-state index is 13.0. The van der Waals surface area contributed by atoms with E-state index in [9.17, 15) is 14.4 Å². The summed E-state index contributed by atoms with van der Waals surface area (Å²) in [6.45, 7) is 3.50. The quantitative estimate of drug-likeness (QED) is 0.568. The summed E-state index contributed by atoms with van der Waals surface area (Å²) in [7, 11) is 1.29. The molecule has 0 heterocycles. The van der Waals surface area contributed by atoms with Gasteiger partial charge in [-0.25, -0.2) is 4.79 Å². The van der Waals surface area contributed by atoms with Crippen LogP contribution in [0.4, 0.5) is 5.69 Å². The average molecular weight is 420 g/mol. The number of hydrogen-bond donors (Lipinski definition) is 2. The standard InChI is InChI=1S/C24H24N2O5/c1-15(2)25-22(27)14-31-21-13-17-8-5-4-7-16(17)12-20(21)23(28)26-19-10-6-9-18(11-19)24(29)30-3/h4-13,15H,14H2,1-3H3,(H,25,27)(H,26,28). The molecule has 3 aromatic rings. The van der Waals surface area contributed by atoms with Gasteiger partial charge >= 0.3 is 5.97 Å². The van der Waals surface area contributed by atoms with Crippen LogP contribution in [0.15, 0.2) is 60.7 Å². The third-order valence-corrected chi connectivity index (χ3v) is 4.44. The fourth-order valence-corrected chi connectivity index (χ4v) is 3.06. The monoisotopic (exact) mass is 420 g/mol. The highest BCUT2D eigenvalue weighted by Crippen LogP contribution is 2.27. The molecular formula is C24H24N2O5. The molecule has 0 spiro atoms. The Morgan fingerprint density at radius 2 is 1.65 bits per heavy atom. The van der Waals surface area contributed by atoms with E-state index in [1.807, 2.05) is 38.1 Å². The first-order valence-corrected chi connectivity index (χ1v) is 9.82. The van der Waals surface area contributed by atoms with E-state index < -0.39 is 11.9 Å². The maximum absolute atomic E-state index is 13.0. The number of hydrogen-bond acceptors (Lipinski definition) is 5. The van der Waals surface area contributed by atoms with Crippen LogP contribution in [0.3, 0.4) is 0 Å². The van der Waals surface area contributed by atoms with E-state index in [0.29, 0.717) is 17.0 Å². The van der Waals surface area contributed by atoms with Crippen molar-refractivity contribution in [1.82, 2.24) is 5.32 Å². The van der Waals surface area contributed by atoms with Crippen molar-refractivity contribution in [3.63, 3.8) is 0 Å². The topological polar surface area (TPSA) is 93.7 Å². The molecule has 0 aromatic heterocycles. The summed E-state index contributed by atoms with van der Waals surface area (Å²) >= 11 is 0. The lowest BCUT2D eigenvalue weighted by molar-refractivity contribution is -0.123. The Balaban J connectivity index is 1.89. The van der Waals surface area contributed by atoms with Crippen molar-refractivity contribution in [3.05, 3.63) is 71.8 Å². The molecule has 2 N–H and O–H groups in total. The first-order valence-electron chi connectivity index (χ1n) is 9.82. The molecule has 0 unspecified atom stereocenters. The second-order valence-electron chi connectivity index (χ2n) is 7.23. The van der Waals surface area contributed by atoms with Gasteiger partial charge in [-0.1, -0.05) is 30.3 Å². The van der Waals surface area contributed by atoms with E-state index >= 15 is 0 Å². The molecule has 0 radical (unpaired) electrons. The zero-order chi connectivity index (χ0) is 22.4. The minimum Gasteiger partial charge on any atom is -0.483 e. The molecule has 31 heavy (non-hydrogen) atoms. The van der Waals surface area contributed by atoms with Gasteiger partial charge in [0.15, 0.2) is 6.61 Å². The molecule has 7 heteroatoms. The van der Waals surface area contributed by atoms with Crippen LogP contribution in [-0.2, 0) is 9.53 Å². The first-order chi connectivity index (χ1) is 14.9. The third-order valence-electron chi connectivity index (χ3n) is 4.44. The van der Waals surface area contributed by atoms with Gasteiger partial charge < -0.3 is 20.1 Å². The van der Waals surface area contributed by atoms with Crippen molar-refractivity contribution in [3.8, 4) is 5.75 Å². The molecule has 0 saturated carbocycles. The van der Waals surface area contributed by atoms with Crippen LogP contribution in [0.1, 0.15) is 34.6 Å². The van der Waals surface area contributed by atoms with E-state index in [2.05, 4.69) is 10.6 Å². The van der Waals surface area contributed by atoms with Crippen LogP contribution in [0.25, 0.3) is 10.8 Å². The summed E-state index contributed by atoms with van der Waals surface area (Å²) in [5, 5.41) is 7.27. The molecule has 0 aliphatic carbocycles. The van der Waals surface area contributed by atoms with Gasteiger partial charge in [-0.3, -0.25) is 9.59 Å². The lowest BCUT2D eigenvalue weighted by Gasteiger charge is -2.14. The van der Waals surface area contributed by atoms with E-state index in [-0.39, 0.29) is 24.1 Å². The second kappa shape index (κ2) is 9.75. The lowest BCUT2D eigenvalue weighted by atomic mass is 10.0. The van der Waals surface area contributed by atoms with Gasteiger partial charge in [0.25, 0.3) is 11.8 Å². The highest BCUT2D eigenvalue weighted by molar-refractivity contribution is 6.09. The molecule has 0 bridgehead atoms. The molecule has 0 fully saturated rings. The number of ether oxygens (including phenoxy) is 2. The van der Waals surface area contributed by atoms with Gasteiger partial charge in [0, 0.05) is 11.7 Å². The second-order valence-corrected chi connectivity index (χ2v) is 7.23. The van der Waals surface area contributed by atoms with Gasteiger partial charge in [0.05, 0.1) is 18.2 Å². The summed E-state index contributed by atoms with van der Waals surface area (Å²) in [6, 6.07) is 17.4. The maximum Gasteiger partial charge on any atom is 0.337 e. The molecule has 3 rings (SSSR count). The molecule has 0 atom stereocenters. The highest BCUT2D eigenvalue weighted by Gasteiger charge is 2.17. The number of benzene rings is 3. The summed E-state index contributed by atoms with van der Waals surface area (Å²) in [6.07, 6.45) is 0. The minimum absolute atomic E-state index is 0.0161. The van der Waals surface area contributed by atoms with E-state index in [4.69, 9.17) is 9.47 Å². The first kappa shape index (κ1) is 21.8. The van der Waals surface area contributed by atoms with Crippen molar-refractivity contribution >= 4 is 34.2 Å². The van der Waals surface area contributed by atoms with Crippen molar-refractivity contribution in [2.45, 2.75) is 19.9 Å². The zero-order valence-electron chi connectivity index (χ0n) is 17.6. The van der Waals surface area contributed by atoms with Crippen LogP contribution in [0, 0.1) is 0 Å². The van der Waals surface area contributed by atoms with Gasteiger partial charge in [-0.05, 0) is 55.0 Å². The number of anilines is 1. The third kappa shape index (κ3) is 5.60. The predicted molar refractivity (Wildman–Crippen MR) is 118 cm³/mol. The Labute approximate surface area is 180 Å². The number of methoxy groups -OCH3 is 1. The Bertz CT molecular complexity index is 1120. The molecule has 2 amide bonds. The summed E-state index contributed by atoms with van der Waals surface area (Å²) in [5.41, 5.74) is 1.03. The molecule has 7 nitrogen and oxygen atoms in total. The van der Waals surface area contributed by atoms with Gasteiger partial charge in [-0.2, -0.15) is 0 Å². The van der Waals surface area contributed by atoms with Crippen LogP contribution in [0.2, 0.25) is 0 Å². The number of carbonyl (C=O) groups excluding carboxylic acids is 3. The SMILES string of the molecule is COC(=O)c1cccc(NC(=O)c2cc3ccccc3cc2OCC(=O)NC(C)C)c1. The van der Waals surface area contributed by atoms with Crippen LogP contribution < -0.4 is 15.4 Å². The predicted octanol–water partition coefficient (Wildman–Crippen LogP) is 3.78. The fourth-order valence-electron chi connectivity index (χ4n) is 3.06. The van der Waals surface area contributed by atoms with Crippen molar-refractivity contribution < 1.29 is 23.9 Å². The number of rotatable bonds is 7. The van der Waals surface area contributed by atoms with Crippen LogP contribution in [-0.4, -0.2) is 37.5 Å². The molecule has 0 aliphatic heterocycles. The van der Waals surface area contributed by atoms with Gasteiger partial charge in [-0.15, -0.1) is 0 Å². The zero-order valence-corrected chi connectivity index (χ0v) is 17.6. The number of amides is 2. The number of esters is 1. The van der Waals surface area contributed by atoms with Crippen molar-refractivity contribution in [2.24, 2.45) is 0 Å². The largest absolute Gasteiger partial charge is 0.483 e. The van der Waals surface area contributed by atoms with Crippen LogP contribution >= 0.6 is 0 Å². The Kier molecular flexibility index (Phi) is 6.87. The summed E-state index contributed by atoms with van der Waals surface area (Å²) in [5.74, 6) is -0.909. The molecule has 160 valence electrons. The Morgan fingerprint density at radius 1 is 0.935 bits per heavy atom. The molecular weight excluding hydrogens is 396 g/mol. The lowest BCUT2D eigenvalue weighted by Crippen LogP contribution is -2.34. The Morgan fingerprint density at radius 3 is 2.32 bits per heavy atom. The normalized spacial score (nSPS) is 10.6. The number of fused-ring (bicyclic) bond motifs is 1. The minimum atomic E-state index is -0.498. The van der Waals surface area contributed by atoms with Gasteiger partial charge in [0.1, 0.15) is 5.75 Å². The van der Waals surface area contributed by atoms with Crippen molar-refractivity contribution in [2.75, 3.05) is 19.0 Å². The van der Waals surface area contributed by atoms with Crippen LogP contribution in [0.5, 0.6) is 5.75 Å². The average Bonchev–Trinajstić information content (AvgIpc) is 2.76. The van der Waals surface area contributed by atoms with E-state index in [0.717, 1.165) is 10.8 Å².